The zero-order valence-corrected chi connectivity index (χ0v) is 18.6. The number of hydrogen-bond donors (Lipinski definition) is 4. The second kappa shape index (κ2) is 8.42. The molecule has 2 aromatic heterocycles. The summed E-state index contributed by atoms with van der Waals surface area (Å²) < 4.78 is 13.2. The molecule has 32 heavy (non-hydrogen) atoms. The first-order valence-electron chi connectivity index (χ1n) is 10.5. The fraction of sp³-hybridized carbons (Fsp3) is 0.478. The van der Waals surface area contributed by atoms with Crippen LogP contribution >= 0.6 is 0 Å². The highest BCUT2D eigenvalue weighted by Crippen LogP contribution is 2.64. The van der Waals surface area contributed by atoms with Crippen molar-refractivity contribution in [3.63, 3.8) is 0 Å². The Morgan fingerprint density at radius 3 is 2.50 bits per heavy atom. The largest absolute Gasteiger partial charge is 0.479 e. The zero-order chi connectivity index (χ0) is 23.0. The van der Waals surface area contributed by atoms with E-state index in [1.807, 2.05) is 41.1 Å². The topological polar surface area (TPSA) is 122 Å². The van der Waals surface area contributed by atoms with Gasteiger partial charge >= 0.3 is 0 Å². The number of fused-ring (bicyclic) bond motifs is 1. The van der Waals surface area contributed by atoms with Crippen molar-refractivity contribution in [2.24, 2.45) is 5.41 Å². The van der Waals surface area contributed by atoms with Gasteiger partial charge in [0.05, 0.1) is 20.3 Å². The highest BCUT2D eigenvalue weighted by Gasteiger charge is 2.81. The second-order valence-corrected chi connectivity index (χ2v) is 8.77. The zero-order valence-electron chi connectivity index (χ0n) is 18.6. The smallest absolute Gasteiger partial charge is 0.241 e. The lowest BCUT2D eigenvalue weighted by molar-refractivity contribution is -0.0149. The van der Waals surface area contributed by atoms with Gasteiger partial charge in [-0.15, -0.1) is 0 Å². The average molecular weight is 443 g/mol. The maximum atomic E-state index is 10.8. The minimum absolute atomic E-state index is 0.121. The summed E-state index contributed by atoms with van der Waals surface area (Å²) in [6.45, 7) is 4.24. The lowest BCUT2D eigenvalue weighted by Crippen LogP contribution is -2.38. The number of rotatable bonds is 10. The number of ether oxygens (including phenoxy) is 2. The molecule has 3 aromatic rings. The predicted octanol–water partition coefficient (Wildman–Crippen LogP) is 1.20. The van der Waals surface area contributed by atoms with E-state index in [2.05, 4.69) is 15.3 Å². The number of benzene rings is 1. The number of nitrogens with one attached hydrogen (secondary N) is 1. The molecule has 9 nitrogen and oxygen atoms in total. The van der Waals surface area contributed by atoms with E-state index >= 15 is 0 Å². The van der Waals surface area contributed by atoms with Crippen LogP contribution < -0.4 is 10.1 Å². The molecular weight excluding hydrogens is 412 g/mol. The van der Waals surface area contributed by atoms with Gasteiger partial charge in [0.2, 0.25) is 5.88 Å². The summed E-state index contributed by atoms with van der Waals surface area (Å²) in [6.07, 6.45) is 3.36. The molecule has 0 spiro atoms. The molecule has 4 N–H and O–H groups in total. The van der Waals surface area contributed by atoms with E-state index in [0.717, 1.165) is 16.6 Å². The molecule has 0 bridgehead atoms. The van der Waals surface area contributed by atoms with E-state index in [9.17, 15) is 15.3 Å². The van der Waals surface area contributed by atoms with Crippen LogP contribution in [0.2, 0.25) is 0 Å². The van der Waals surface area contributed by atoms with E-state index < -0.39 is 23.2 Å². The lowest BCUT2D eigenvalue weighted by atomic mass is 10.1. The molecule has 0 saturated heterocycles. The molecule has 0 radical (unpaired) electrons. The van der Waals surface area contributed by atoms with Crippen LogP contribution in [-0.4, -0.2) is 61.3 Å². The summed E-state index contributed by atoms with van der Waals surface area (Å²) in [7, 11) is 1.56. The van der Waals surface area contributed by atoms with Crippen LogP contribution in [0.1, 0.15) is 25.0 Å². The third-order valence-electron chi connectivity index (χ3n) is 6.84. The number of aliphatic hydroxyl groups is 3. The van der Waals surface area contributed by atoms with Gasteiger partial charge in [0.1, 0.15) is 35.3 Å². The SMILES string of the molecule is COc1ncnc2c(CNCC3(O)C(C)(C)C3(O)CO)cn(COCc3ccccc3)c12. The predicted molar refractivity (Wildman–Crippen MR) is 118 cm³/mol. The monoisotopic (exact) mass is 442 g/mol. The van der Waals surface area contributed by atoms with Gasteiger partial charge in [0.25, 0.3) is 0 Å². The van der Waals surface area contributed by atoms with E-state index in [1.165, 1.54) is 6.33 Å². The van der Waals surface area contributed by atoms with Crippen LogP contribution in [0.15, 0.2) is 42.9 Å². The van der Waals surface area contributed by atoms with Gasteiger partial charge in [-0.05, 0) is 5.56 Å². The van der Waals surface area contributed by atoms with Crippen molar-refractivity contribution in [2.75, 3.05) is 20.3 Å². The minimum atomic E-state index is -1.53. The van der Waals surface area contributed by atoms with Gasteiger partial charge < -0.3 is 34.7 Å². The molecule has 4 rings (SSSR count). The Bertz CT molecular complexity index is 1090. The van der Waals surface area contributed by atoms with Crippen molar-refractivity contribution in [1.82, 2.24) is 19.9 Å². The molecule has 1 aromatic carbocycles. The van der Waals surface area contributed by atoms with Crippen LogP contribution in [0.5, 0.6) is 5.88 Å². The number of aromatic nitrogens is 3. The first-order valence-corrected chi connectivity index (χ1v) is 10.5. The molecule has 1 aliphatic carbocycles. The van der Waals surface area contributed by atoms with Gasteiger partial charge in [0, 0.05) is 30.3 Å². The average Bonchev–Trinajstić information content (AvgIpc) is 3.04. The molecule has 0 amide bonds. The third-order valence-corrected chi connectivity index (χ3v) is 6.84. The maximum Gasteiger partial charge on any atom is 0.241 e. The molecule has 2 unspecified atom stereocenters. The van der Waals surface area contributed by atoms with Gasteiger partial charge in [-0.1, -0.05) is 44.2 Å². The van der Waals surface area contributed by atoms with E-state index in [-0.39, 0.29) is 13.3 Å². The fourth-order valence-corrected chi connectivity index (χ4v) is 4.47. The van der Waals surface area contributed by atoms with Crippen molar-refractivity contribution in [3.05, 3.63) is 54.0 Å². The molecule has 1 saturated carbocycles. The Morgan fingerprint density at radius 2 is 1.84 bits per heavy atom. The summed E-state index contributed by atoms with van der Waals surface area (Å²) in [5.74, 6) is 0.446. The fourth-order valence-electron chi connectivity index (χ4n) is 4.47. The van der Waals surface area contributed by atoms with Crippen molar-refractivity contribution in [3.8, 4) is 5.88 Å². The van der Waals surface area contributed by atoms with Crippen LogP contribution in [0.3, 0.4) is 0 Å². The van der Waals surface area contributed by atoms with Crippen LogP contribution in [0.4, 0.5) is 0 Å². The highest BCUT2D eigenvalue weighted by molar-refractivity contribution is 5.83. The minimum Gasteiger partial charge on any atom is -0.479 e. The summed E-state index contributed by atoms with van der Waals surface area (Å²) >= 11 is 0. The van der Waals surface area contributed by atoms with Gasteiger partial charge in [0.15, 0.2) is 0 Å². The van der Waals surface area contributed by atoms with Crippen LogP contribution in [0, 0.1) is 5.41 Å². The van der Waals surface area contributed by atoms with Gasteiger partial charge in [-0.3, -0.25) is 0 Å². The Kier molecular flexibility index (Phi) is 5.95. The summed E-state index contributed by atoms with van der Waals surface area (Å²) in [5, 5.41) is 34.1. The van der Waals surface area contributed by atoms with Crippen molar-refractivity contribution in [1.29, 1.82) is 0 Å². The molecule has 1 fully saturated rings. The summed E-state index contributed by atoms with van der Waals surface area (Å²) in [5.41, 5.74) is -0.378. The van der Waals surface area contributed by atoms with E-state index in [0.29, 0.717) is 24.5 Å². The van der Waals surface area contributed by atoms with Crippen LogP contribution in [-0.2, 0) is 24.6 Å². The van der Waals surface area contributed by atoms with E-state index in [1.54, 1.807) is 21.0 Å². The number of aliphatic hydroxyl groups excluding tert-OH is 1. The number of nitrogens with zero attached hydrogens (tertiary/aromatic N) is 3. The number of hydrogen-bond acceptors (Lipinski definition) is 8. The van der Waals surface area contributed by atoms with Gasteiger partial charge in [-0.2, -0.15) is 4.98 Å². The molecule has 1 aliphatic rings. The van der Waals surface area contributed by atoms with Crippen LogP contribution in [0.25, 0.3) is 11.0 Å². The summed E-state index contributed by atoms with van der Waals surface area (Å²) in [4.78, 5) is 8.63. The Balaban J connectivity index is 1.50. The molecule has 0 aliphatic heterocycles. The Hall–Kier alpha value is -2.56. The number of methoxy groups -OCH3 is 1. The maximum absolute atomic E-state index is 10.8. The molecule has 9 heteroatoms. The van der Waals surface area contributed by atoms with Crippen molar-refractivity contribution in [2.45, 2.75) is 44.9 Å². The normalized spacial score (nSPS) is 24.1. The quantitative estimate of drug-likeness (QED) is 0.370. The molecular formula is C23H30N4O5. The molecule has 2 heterocycles. The highest BCUT2D eigenvalue weighted by atomic mass is 16.5. The Labute approximate surface area is 186 Å². The lowest BCUT2D eigenvalue weighted by Gasteiger charge is -2.15. The first-order chi connectivity index (χ1) is 15.3. The molecule has 2 atom stereocenters. The standard InChI is InChI=1S/C23H30N4O5/c1-21(2)22(29,23(21,30)13-28)12-24-9-17-10-27(15-32-11-16-7-5-4-6-8-16)19-18(17)25-14-26-20(19)31-3/h4-8,10,14,24,28-30H,9,11-13,15H2,1-3H3. The van der Waals surface area contributed by atoms with Crippen molar-refractivity contribution >= 4 is 11.0 Å². The van der Waals surface area contributed by atoms with E-state index in [4.69, 9.17) is 9.47 Å². The van der Waals surface area contributed by atoms with Gasteiger partial charge in [-0.25, -0.2) is 4.98 Å². The third kappa shape index (κ3) is 3.46. The first kappa shape index (κ1) is 22.6. The van der Waals surface area contributed by atoms with Crippen molar-refractivity contribution < 1.29 is 24.8 Å². The summed E-state index contributed by atoms with van der Waals surface area (Å²) in [6, 6.07) is 9.91. The second-order valence-electron chi connectivity index (χ2n) is 8.77. The molecule has 172 valence electrons. The Morgan fingerprint density at radius 1 is 1.09 bits per heavy atom.